The van der Waals surface area contributed by atoms with Crippen LogP contribution in [0.2, 0.25) is 0 Å². The average Bonchev–Trinajstić information content (AvgIpc) is 3.16. The van der Waals surface area contributed by atoms with Gasteiger partial charge in [-0.2, -0.15) is 5.10 Å². The van der Waals surface area contributed by atoms with E-state index in [1.807, 2.05) is 17.0 Å². The van der Waals surface area contributed by atoms with Gasteiger partial charge in [0.1, 0.15) is 0 Å². The van der Waals surface area contributed by atoms with E-state index in [-0.39, 0.29) is 5.91 Å². The third-order valence-corrected chi connectivity index (χ3v) is 5.59. The number of carbonyl (C=O) groups is 1. The van der Waals surface area contributed by atoms with Crippen molar-refractivity contribution in [2.75, 3.05) is 13.1 Å². The van der Waals surface area contributed by atoms with Gasteiger partial charge in [-0.25, -0.2) is 0 Å². The van der Waals surface area contributed by atoms with Crippen molar-refractivity contribution in [3.63, 3.8) is 0 Å². The predicted octanol–water partition coefficient (Wildman–Crippen LogP) is 3.36. The molecule has 5 heteroatoms. The molecular weight excluding hydrogens is 282 g/mol. The van der Waals surface area contributed by atoms with Gasteiger partial charge in [0.25, 0.3) is 5.91 Å². The molecule has 0 spiro atoms. The first-order chi connectivity index (χ1) is 10.2. The third-order valence-electron chi connectivity index (χ3n) is 4.22. The normalized spacial score (nSPS) is 19.0. The van der Waals surface area contributed by atoms with E-state index in [2.05, 4.69) is 24.0 Å². The molecule has 2 aromatic heterocycles. The minimum absolute atomic E-state index is 0.187. The Hall–Kier alpha value is -1.62. The number of nitrogens with zero attached hydrogens (tertiary/aromatic N) is 2. The van der Waals surface area contributed by atoms with Crippen LogP contribution in [0, 0.1) is 6.92 Å². The molecule has 0 bridgehead atoms. The number of hydrogen-bond acceptors (Lipinski definition) is 3. The number of rotatable bonds is 3. The molecule has 1 atom stereocenters. The molecule has 2 aromatic rings. The first kappa shape index (κ1) is 14.3. The zero-order valence-corrected chi connectivity index (χ0v) is 13.4. The Bertz CT molecular complexity index is 618. The zero-order chi connectivity index (χ0) is 14.8. The molecule has 3 heterocycles. The predicted molar refractivity (Wildman–Crippen MR) is 84.9 cm³/mol. The van der Waals surface area contributed by atoms with Crippen molar-refractivity contribution in [1.82, 2.24) is 15.1 Å². The highest BCUT2D eigenvalue weighted by Gasteiger charge is 2.27. The van der Waals surface area contributed by atoms with Crippen molar-refractivity contribution in [3.05, 3.63) is 39.3 Å². The van der Waals surface area contributed by atoms with Gasteiger partial charge in [-0.3, -0.25) is 9.89 Å². The summed E-state index contributed by atoms with van der Waals surface area (Å²) in [7, 11) is 0. The van der Waals surface area contributed by atoms with Crippen LogP contribution in [0.4, 0.5) is 0 Å². The lowest BCUT2D eigenvalue weighted by Crippen LogP contribution is -2.38. The van der Waals surface area contributed by atoms with E-state index >= 15 is 0 Å². The molecule has 0 radical (unpaired) electrons. The molecule has 0 saturated carbocycles. The van der Waals surface area contributed by atoms with E-state index in [0.29, 0.717) is 5.92 Å². The number of aromatic nitrogens is 2. The van der Waals surface area contributed by atoms with Gasteiger partial charge in [0.05, 0.1) is 4.88 Å². The number of thiophene rings is 1. The minimum Gasteiger partial charge on any atom is -0.337 e. The summed E-state index contributed by atoms with van der Waals surface area (Å²) in [5, 5.41) is 7.07. The number of carbonyl (C=O) groups excluding carboxylic acids is 1. The van der Waals surface area contributed by atoms with Crippen molar-refractivity contribution in [2.45, 2.75) is 39.0 Å². The topological polar surface area (TPSA) is 49.0 Å². The Morgan fingerprint density at radius 2 is 2.43 bits per heavy atom. The monoisotopic (exact) mass is 303 g/mol. The first-order valence-corrected chi connectivity index (χ1v) is 8.38. The molecule has 1 N–H and O–H groups in total. The van der Waals surface area contributed by atoms with Crippen molar-refractivity contribution >= 4 is 17.2 Å². The molecule has 0 aromatic carbocycles. The van der Waals surface area contributed by atoms with E-state index in [9.17, 15) is 4.79 Å². The summed E-state index contributed by atoms with van der Waals surface area (Å²) in [5.74, 6) is 0.573. The van der Waals surface area contributed by atoms with Gasteiger partial charge in [0.2, 0.25) is 0 Å². The second kappa shape index (κ2) is 6.02. The van der Waals surface area contributed by atoms with E-state index in [1.54, 1.807) is 17.5 Å². The second-order valence-electron chi connectivity index (χ2n) is 5.67. The smallest absolute Gasteiger partial charge is 0.263 e. The number of piperidine rings is 1. The highest BCUT2D eigenvalue weighted by atomic mass is 32.1. The van der Waals surface area contributed by atoms with Crippen molar-refractivity contribution in [2.24, 2.45) is 0 Å². The zero-order valence-electron chi connectivity index (χ0n) is 12.6. The fourth-order valence-electron chi connectivity index (χ4n) is 3.04. The fraction of sp³-hybridized carbons (Fsp3) is 0.500. The highest BCUT2D eigenvalue weighted by Crippen LogP contribution is 2.29. The van der Waals surface area contributed by atoms with Crippen LogP contribution >= 0.6 is 11.3 Å². The molecule has 1 aliphatic rings. The van der Waals surface area contributed by atoms with Crippen LogP contribution in [-0.2, 0) is 6.42 Å². The maximum Gasteiger partial charge on any atom is 0.263 e. The molecule has 1 saturated heterocycles. The molecular formula is C16H21N3OS. The Balaban J connectivity index is 1.74. The molecule has 0 aliphatic carbocycles. The Morgan fingerprint density at radius 1 is 1.57 bits per heavy atom. The van der Waals surface area contributed by atoms with Crippen LogP contribution in [0.15, 0.2) is 18.3 Å². The van der Waals surface area contributed by atoms with Gasteiger partial charge >= 0.3 is 0 Å². The summed E-state index contributed by atoms with van der Waals surface area (Å²) < 4.78 is 0. The number of aryl methyl sites for hydroxylation is 2. The van der Waals surface area contributed by atoms with Gasteiger partial charge in [-0.1, -0.05) is 6.92 Å². The second-order valence-corrected chi connectivity index (χ2v) is 6.81. The maximum atomic E-state index is 12.7. The molecule has 112 valence electrons. The van der Waals surface area contributed by atoms with Crippen LogP contribution < -0.4 is 0 Å². The lowest BCUT2D eigenvalue weighted by Gasteiger charge is -2.32. The molecule has 3 rings (SSSR count). The quantitative estimate of drug-likeness (QED) is 0.945. The summed E-state index contributed by atoms with van der Waals surface area (Å²) >= 11 is 1.65. The SMILES string of the molecule is CCc1sc(C(=O)N2CCC[C@@H](c3ccn[nH]3)C2)cc1C. The van der Waals surface area contributed by atoms with Crippen molar-refractivity contribution in [1.29, 1.82) is 0 Å². The number of nitrogens with one attached hydrogen (secondary N) is 1. The van der Waals surface area contributed by atoms with Gasteiger partial charge in [0.15, 0.2) is 0 Å². The lowest BCUT2D eigenvalue weighted by molar-refractivity contribution is 0.0710. The van der Waals surface area contributed by atoms with Crippen molar-refractivity contribution in [3.8, 4) is 0 Å². The van der Waals surface area contributed by atoms with Crippen molar-refractivity contribution < 1.29 is 4.79 Å². The van der Waals surface area contributed by atoms with Gasteiger partial charge < -0.3 is 4.90 Å². The largest absolute Gasteiger partial charge is 0.337 e. The molecule has 21 heavy (non-hydrogen) atoms. The van der Waals surface area contributed by atoms with E-state index in [0.717, 1.165) is 42.9 Å². The summed E-state index contributed by atoms with van der Waals surface area (Å²) in [6.45, 7) is 5.89. The molecule has 1 amide bonds. The molecule has 0 unspecified atom stereocenters. The minimum atomic E-state index is 0.187. The number of likely N-dealkylation sites (tertiary alicyclic amines) is 1. The summed E-state index contributed by atoms with van der Waals surface area (Å²) in [4.78, 5) is 16.9. The molecule has 1 aliphatic heterocycles. The fourth-order valence-corrected chi connectivity index (χ4v) is 4.12. The lowest BCUT2D eigenvalue weighted by atomic mass is 9.95. The van der Waals surface area contributed by atoms with E-state index < -0.39 is 0 Å². The third kappa shape index (κ3) is 2.88. The van der Waals surface area contributed by atoms with Crippen LogP contribution in [0.25, 0.3) is 0 Å². The Labute approximate surface area is 129 Å². The van der Waals surface area contributed by atoms with Gasteiger partial charge in [-0.05, 0) is 43.9 Å². The van der Waals surface area contributed by atoms with Crippen LogP contribution in [0.3, 0.4) is 0 Å². The van der Waals surface area contributed by atoms with Crippen LogP contribution in [-0.4, -0.2) is 34.1 Å². The Kier molecular flexibility index (Phi) is 4.10. The standard InChI is InChI=1S/C16H21N3OS/c1-3-14-11(2)9-15(21-14)16(20)19-8-4-5-12(10-19)13-6-7-17-18-13/h6-7,9,12H,3-5,8,10H2,1-2H3,(H,17,18)/t12-/m1/s1. The first-order valence-electron chi connectivity index (χ1n) is 7.57. The highest BCUT2D eigenvalue weighted by molar-refractivity contribution is 7.14. The van der Waals surface area contributed by atoms with Gasteiger partial charge in [0, 0.05) is 35.8 Å². The number of amides is 1. The van der Waals surface area contributed by atoms with Crippen LogP contribution in [0.5, 0.6) is 0 Å². The van der Waals surface area contributed by atoms with Gasteiger partial charge in [-0.15, -0.1) is 11.3 Å². The molecule has 4 nitrogen and oxygen atoms in total. The summed E-state index contributed by atoms with van der Waals surface area (Å²) in [6.07, 6.45) is 4.96. The maximum absolute atomic E-state index is 12.7. The average molecular weight is 303 g/mol. The van der Waals surface area contributed by atoms with E-state index in [4.69, 9.17) is 0 Å². The molecule has 1 fully saturated rings. The Morgan fingerprint density at radius 3 is 3.10 bits per heavy atom. The number of aromatic amines is 1. The summed E-state index contributed by atoms with van der Waals surface area (Å²) in [6, 6.07) is 4.06. The number of H-pyrrole nitrogens is 1. The van der Waals surface area contributed by atoms with E-state index in [1.165, 1.54) is 10.4 Å². The summed E-state index contributed by atoms with van der Waals surface area (Å²) in [5.41, 5.74) is 2.39. The number of hydrogen-bond donors (Lipinski definition) is 1. The van der Waals surface area contributed by atoms with Crippen LogP contribution in [0.1, 0.15) is 51.5 Å².